The van der Waals surface area contributed by atoms with Crippen LogP contribution in [-0.4, -0.2) is 34.3 Å². The van der Waals surface area contributed by atoms with Gasteiger partial charge in [-0.2, -0.15) is 0 Å². The van der Waals surface area contributed by atoms with Gasteiger partial charge in [-0.05, 0) is 20.3 Å². The van der Waals surface area contributed by atoms with Gasteiger partial charge < -0.3 is 15.7 Å². The number of nitrogens with zero attached hydrogens (tertiary/aromatic N) is 3. The molecule has 0 bridgehead atoms. The van der Waals surface area contributed by atoms with Gasteiger partial charge in [0.1, 0.15) is 18.0 Å². The summed E-state index contributed by atoms with van der Waals surface area (Å²) in [6, 6.07) is 0. The molecule has 90 valence electrons. The number of nitrogens with two attached hydrogens (primary N) is 1. The Balaban J connectivity index is 3.18. The molecule has 0 radical (unpaired) electrons. The van der Waals surface area contributed by atoms with E-state index in [-0.39, 0.29) is 12.1 Å². The molecule has 16 heavy (non-hydrogen) atoms. The first-order valence-corrected chi connectivity index (χ1v) is 5.38. The normalized spacial score (nSPS) is 11.6. The van der Waals surface area contributed by atoms with E-state index in [1.54, 1.807) is 0 Å². The van der Waals surface area contributed by atoms with Gasteiger partial charge in [-0.1, -0.05) is 6.92 Å². The molecule has 0 aliphatic carbocycles. The van der Waals surface area contributed by atoms with Crippen molar-refractivity contribution in [3.63, 3.8) is 0 Å². The second-order valence-corrected chi connectivity index (χ2v) is 4.44. The summed E-state index contributed by atoms with van der Waals surface area (Å²) < 4.78 is 0. The van der Waals surface area contributed by atoms with Crippen molar-refractivity contribution in [2.45, 2.75) is 32.7 Å². The molecule has 0 aromatic carbocycles. The molecule has 0 spiro atoms. The first-order chi connectivity index (χ1) is 7.44. The Labute approximate surface area is 96.3 Å². The van der Waals surface area contributed by atoms with Crippen LogP contribution in [0.25, 0.3) is 0 Å². The van der Waals surface area contributed by atoms with E-state index in [9.17, 15) is 5.11 Å². The van der Waals surface area contributed by atoms with Crippen molar-refractivity contribution in [3.05, 3.63) is 11.9 Å². The smallest absolute Gasteiger partial charge is 0.137 e. The lowest BCUT2D eigenvalue weighted by Gasteiger charge is -2.36. The number of hydrogen-bond acceptors (Lipinski definition) is 5. The maximum Gasteiger partial charge on any atom is 0.137 e. The zero-order valence-corrected chi connectivity index (χ0v) is 10.4. The number of nitrogen functional groups attached to an aromatic ring is 1. The fraction of sp³-hybridized carbons (Fsp3) is 0.636. The van der Waals surface area contributed by atoms with Gasteiger partial charge in [0.15, 0.2) is 0 Å². The average Bonchev–Trinajstić information content (AvgIpc) is 2.27. The first kappa shape index (κ1) is 12.7. The van der Waals surface area contributed by atoms with Crippen LogP contribution in [0.3, 0.4) is 0 Å². The lowest BCUT2D eigenvalue weighted by molar-refractivity contribution is 0.215. The molecular formula is C11H20N4O. The van der Waals surface area contributed by atoms with E-state index in [0.717, 1.165) is 17.8 Å². The standard InChI is InChI=1S/C11H20N4O/c1-5-8-9(12)13-7-14-10(8)15(4)11(2,3)6-16/h7,16H,5-6H2,1-4H3,(H2,12,13,14). The predicted octanol–water partition coefficient (Wildman–Crippen LogP) is 0.828. The van der Waals surface area contributed by atoms with Crippen molar-refractivity contribution in [1.29, 1.82) is 0 Å². The van der Waals surface area contributed by atoms with E-state index < -0.39 is 0 Å². The van der Waals surface area contributed by atoms with E-state index >= 15 is 0 Å². The van der Waals surface area contributed by atoms with Gasteiger partial charge in [-0.15, -0.1) is 0 Å². The largest absolute Gasteiger partial charge is 0.394 e. The highest BCUT2D eigenvalue weighted by Gasteiger charge is 2.26. The minimum atomic E-state index is -0.370. The van der Waals surface area contributed by atoms with Crippen LogP contribution < -0.4 is 10.6 Å². The molecule has 1 aromatic rings. The average molecular weight is 224 g/mol. The van der Waals surface area contributed by atoms with Crippen molar-refractivity contribution in [2.75, 3.05) is 24.3 Å². The van der Waals surface area contributed by atoms with Gasteiger partial charge in [0.05, 0.1) is 12.1 Å². The van der Waals surface area contributed by atoms with Gasteiger partial charge in [0.2, 0.25) is 0 Å². The molecule has 1 rings (SSSR count). The molecule has 0 saturated heterocycles. The maximum absolute atomic E-state index is 9.34. The SMILES string of the molecule is CCc1c(N)ncnc1N(C)C(C)(C)CO. The van der Waals surface area contributed by atoms with E-state index in [0.29, 0.717) is 5.82 Å². The van der Waals surface area contributed by atoms with Crippen LogP contribution in [0.5, 0.6) is 0 Å². The van der Waals surface area contributed by atoms with Crippen molar-refractivity contribution in [1.82, 2.24) is 9.97 Å². The summed E-state index contributed by atoms with van der Waals surface area (Å²) in [5.74, 6) is 1.29. The number of aromatic nitrogens is 2. The number of aliphatic hydroxyl groups excluding tert-OH is 1. The molecule has 1 heterocycles. The number of hydrogen-bond donors (Lipinski definition) is 2. The highest BCUT2D eigenvalue weighted by molar-refractivity contribution is 5.57. The third-order valence-corrected chi connectivity index (χ3v) is 2.92. The number of rotatable bonds is 4. The van der Waals surface area contributed by atoms with Crippen LogP contribution >= 0.6 is 0 Å². The zero-order chi connectivity index (χ0) is 12.3. The number of aliphatic hydroxyl groups is 1. The minimum Gasteiger partial charge on any atom is -0.394 e. The molecule has 5 heteroatoms. The van der Waals surface area contributed by atoms with E-state index in [1.807, 2.05) is 32.7 Å². The summed E-state index contributed by atoms with van der Waals surface area (Å²) in [6.07, 6.45) is 2.22. The molecule has 0 unspecified atom stereocenters. The van der Waals surface area contributed by atoms with Crippen LogP contribution in [0.2, 0.25) is 0 Å². The van der Waals surface area contributed by atoms with Crippen LogP contribution in [-0.2, 0) is 6.42 Å². The molecule has 5 nitrogen and oxygen atoms in total. The summed E-state index contributed by atoms with van der Waals surface area (Å²) in [4.78, 5) is 10.2. The van der Waals surface area contributed by atoms with Gasteiger partial charge in [0, 0.05) is 12.6 Å². The lowest BCUT2D eigenvalue weighted by atomic mass is 10.0. The van der Waals surface area contributed by atoms with Crippen LogP contribution in [0.1, 0.15) is 26.3 Å². The molecular weight excluding hydrogens is 204 g/mol. The Hall–Kier alpha value is -1.36. The molecule has 0 fully saturated rings. The lowest BCUT2D eigenvalue weighted by Crippen LogP contribution is -2.45. The predicted molar refractivity (Wildman–Crippen MR) is 65.4 cm³/mol. The quantitative estimate of drug-likeness (QED) is 0.792. The minimum absolute atomic E-state index is 0.0521. The van der Waals surface area contributed by atoms with E-state index in [1.165, 1.54) is 6.33 Å². The van der Waals surface area contributed by atoms with Crippen molar-refractivity contribution < 1.29 is 5.11 Å². The van der Waals surface area contributed by atoms with Crippen molar-refractivity contribution in [3.8, 4) is 0 Å². The van der Waals surface area contributed by atoms with Crippen molar-refractivity contribution in [2.24, 2.45) is 0 Å². The summed E-state index contributed by atoms with van der Waals surface area (Å²) >= 11 is 0. The second-order valence-electron chi connectivity index (χ2n) is 4.44. The molecule has 3 N–H and O–H groups in total. The highest BCUT2D eigenvalue weighted by Crippen LogP contribution is 2.26. The Morgan fingerprint density at radius 2 is 2.06 bits per heavy atom. The fourth-order valence-electron chi connectivity index (χ4n) is 1.44. The second kappa shape index (κ2) is 4.65. The Kier molecular flexibility index (Phi) is 3.70. The van der Waals surface area contributed by atoms with Crippen LogP contribution in [0.4, 0.5) is 11.6 Å². The monoisotopic (exact) mass is 224 g/mol. The molecule has 0 aliphatic heterocycles. The summed E-state index contributed by atoms with van der Waals surface area (Å²) in [6.45, 7) is 5.96. The summed E-state index contributed by atoms with van der Waals surface area (Å²) in [7, 11) is 1.90. The topological polar surface area (TPSA) is 75.3 Å². The fourth-order valence-corrected chi connectivity index (χ4v) is 1.44. The van der Waals surface area contributed by atoms with Gasteiger partial charge in [-0.25, -0.2) is 9.97 Å². The van der Waals surface area contributed by atoms with Crippen LogP contribution in [0, 0.1) is 0 Å². The van der Waals surface area contributed by atoms with Gasteiger partial charge >= 0.3 is 0 Å². The van der Waals surface area contributed by atoms with Crippen LogP contribution in [0.15, 0.2) is 6.33 Å². The summed E-state index contributed by atoms with van der Waals surface area (Å²) in [5.41, 5.74) is 6.37. The third kappa shape index (κ3) is 2.24. The molecule has 0 saturated carbocycles. The van der Waals surface area contributed by atoms with E-state index in [2.05, 4.69) is 9.97 Å². The first-order valence-electron chi connectivity index (χ1n) is 5.38. The number of likely N-dealkylation sites (N-methyl/N-ethyl adjacent to an activating group) is 1. The van der Waals surface area contributed by atoms with Gasteiger partial charge in [0.25, 0.3) is 0 Å². The van der Waals surface area contributed by atoms with Gasteiger partial charge in [-0.3, -0.25) is 0 Å². The Bertz CT molecular complexity index is 365. The molecule has 0 aliphatic rings. The highest BCUT2D eigenvalue weighted by atomic mass is 16.3. The Morgan fingerprint density at radius 1 is 1.44 bits per heavy atom. The molecule has 1 aromatic heterocycles. The summed E-state index contributed by atoms with van der Waals surface area (Å²) in [5, 5.41) is 9.34. The number of anilines is 2. The van der Waals surface area contributed by atoms with Crippen molar-refractivity contribution >= 4 is 11.6 Å². The zero-order valence-electron chi connectivity index (χ0n) is 10.4. The maximum atomic E-state index is 9.34. The molecule has 0 amide bonds. The molecule has 0 atom stereocenters. The third-order valence-electron chi connectivity index (χ3n) is 2.92. The Morgan fingerprint density at radius 3 is 2.56 bits per heavy atom. The van der Waals surface area contributed by atoms with E-state index in [4.69, 9.17) is 5.73 Å².